The first kappa shape index (κ1) is 19.0. The van der Waals surface area contributed by atoms with Crippen LogP contribution in [-0.4, -0.2) is 25.7 Å². The number of benzene rings is 2. The van der Waals surface area contributed by atoms with Crippen LogP contribution in [0.4, 0.5) is 0 Å². The maximum atomic E-state index is 12.4. The van der Waals surface area contributed by atoms with Crippen LogP contribution in [0.15, 0.2) is 58.2 Å². The number of ketones is 1. The van der Waals surface area contributed by atoms with E-state index < -0.39 is 10.0 Å². The molecule has 0 bridgehead atoms. The van der Waals surface area contributed by atoms with E-state index in [0.717, 1.165) is 16.5 Å². The van der Waals surface area contributed by atoms with Crippen LogP contribution in [-0.2, 0) is 16.4 Å². The molecule has 3 aromatic rings. The molecule has 0 spiro atoms. The number of carbonyl (C=O) groups is 1. The van der Waals surface area contributed by atoms with Crippen LogP contribution in [0.5, 0.6) is 0 Å². The standard InChI is InChI=1S/C20H20N2O4S/c1-13-10-17-11-15(6-7-19(17)22-20(13)24)8-9-21-27(25,26)18-5-3-4-16(12-18)14(2)23/h3-7,10-12,21H,8-9H2,1-2H3,(H,22,24). The minimum atomic E-state index is -3.69. The smallest absolute Gasteiger partial charge is 0.251 e. The highest BCUT2D eigenvalue weighted by atomic mass is 32.2. The van der Waals surface area contributed by atoms with Gasteiger partial charge in [-0.15, -0.1) is 0 Å². The Morgan fingerprint density at radius 1 is 1.11 bits per heavy atom. The van der Waals surface area contributed by atoms with Crippen LogP contribution in [0.25, 0.3) is 10.9 Å². The second-order valence-electron chi connectivity index (χ2n) is 6.43. The average Bonchev–Trinajstić information content (AvgIpc) is 2.63. The molecule has 6 nitrogen and oxygen atoms in total. The van der Waals surface area contributed by atoms with Crippen molar-refractivity contribution in [2.75, 3.05) is 6.54 Å². The lowest BCUT2D eigenvalue weighted by Crippen LogP contribution is -2.26. The van der Waals surface area contributed by atoms with E-state index in [0.29, 0.717) is 17.5 Å². The quantitative estimate of drug-likeness (QED) is 0.639. The molecule has 0 aliphatic heterocycles. The number of aromatic nitrogens is 1. The van der Waals surface area contributed by atoms with Gasteiger partial charge in [-0.25, -0.2) is 13.1 Å². The number of hydrogen-bond donors (Lipinski definition) is 2. The van der Waals surface area contributed by atoms with Gasteiger partial charge in [0.1, 0.15) is 0 Å². The van der Waals surface area contributed by atoms with E-state index in [-0.39, 0.29) is 22.8 Å². The van der Waals surface area contributed by atoms with Crippen LogP contribution in [0.1, 0.15) is 28.4 Å². The molecule has 1 heterocycles. The summed E-state index contributed by atoms with van der Waals surface area (Å²) in [5, 5.41) is 0.904. The zero-order valence-corrected chi connectivity index (χ0v) is 15.9. The van der Waals surface area contributed by atoms with Crippen molar-refractivity contribution in [2.45, 2.75) is 25.2 Å². The topological polar surface area (TPSA) is 96.1 Å². The van der Waals surface area contributed by atoms with Crippen LogP contribution < -0.4 is 10.3 Å². The van der Waals surface area contributed by atoms with E-state index in [1.54, 1.807) is 19.1 Å². The Morgan fingerprint density at radius 3 is 2.63 bits per heavy atom. The number of aryl methyl sites for hydroxylation is 1. The lowest BCUT2D eigenvalue weighted by atomic mass is 10.1. The predicted octanol–water partition coefficient (Wildman–Crippen LogP) is 2.56. The fourth-order valence-electron chi connectivity index (χ4n) is 2.82. The summed E-state index contributed by atoms with van der Waals surface area (Å²) in [6.07, 6.45) is 0.500. The first-order chi connectivity index (χ1) is 12.8. The summed E-state index contributed by atoms with van der Waals surface area (Å²) >= 11 is 0. The van der Waals surface area contributed by atoms with Gasteiger partial charge in [0.25, 0.3) is 5.56 Å². The monoisotopic (exact) mass is 384 g/mol. The molecule has 0 unspecified atom stereocenters. The Balaban J connectivity index is 1.72. The molecule has 0 aliphatic carbocycles. The third-order valence-electron chi connectivity index (χ3n) is 4.35. The number of H-pyrrole nitrogens is 1. The number of carbonyl (C=O) groups excluding carboxylic acids is 1. The molecule has 0 atom stereocenters. The molecule has 0 saturated carbocycles. The van der Waals surface area contributed by atoms with Crippen LogP contribution in [0, 0.1) is 6.92 Å². The van der Waals surface area contributed by atoms with Gasteiger partial charge in [-0.2, -0.15) is 0 Å². The lowest BCUT2D eigenvalue weighted by Gasteiger charge is -2.08. The van der Waals surface area contributed by atoms with Gasteiger partial charge < -0.3 is 4.98 Å². The SMILES string of the molecule is CC(=O)c1cccc(S(=O)(=O)NCCc2ccc3[nH]c(=O)c(C)cc3c2)c1. The van der Waals surface area contributed by atoms with E-state index >= 15 is 0 Å². The molecule has 2 aromatic carbocycles. The van der Waals surface area contributed by atoms with Gasteiger partial charge in [0, 0.05) is 23.2 Å². The number of fused-ring (bicyclic) bond motifs is 1. The molecule has 1 aromatic heterocycles. The highest BCUT2D eigenvalue weighted by molar-refractivity contribution is 7.89. The molecule has 0 amide bonds. The fraction of sp³-hybridized carbons (Fsp3) is 0.200. The van der Waals surface area contributed by atoms with E-state index in [1.165, 1.54) is 19.1 Å². The third-order valence-corrected chi connectivity index (χ3v) is 5.81. The molecular formula is C20H20N2O4S. The number of rotatable bonds is 6. The second-order valence-corrected chi connectivity index (χ2v) is 8.20. The van der Waals surface area contributed by atoms with Crippen LogP contribution in [0.3, 0.4) is 0 Å². The number of pyridine rings is 1. The summed E-state index contributed by atoms with van der Waals surface area (Å²) in [4.78, 5) is 26.0. The van der Waals surface area contributed by atoms with Crippen molar-refractivity contribution in [3.8, 4) is 0 Å². The third kappa shape index (κ3) is 4.32. The van der Waals surface area contributed by atoms with E-state index in [1.807, 2.05) is 24.3 Å². The van der Waals surface area contributed by atoms with E-state index in [2.05, 4.69) is 9.71 Å². The molecule has 2 N–H and O–H groups in total. The second kappa shape index (κ2) is 7.46. The zero-order chi connectivity index (χ0) is 19.6. The predicted molar refractivity (Wildman–Crippen MR) is 105 cm³/mol. The molecule has 27 heavy (non-hydrogen) atoms. The molecular weight excluding hydrogens is 364 g/mol. The van der Waals surface area contributed by atoms with Gasteiger partial charge >= 0.3 is 0 Å². The summed E-state index contributed by atoms with van der Waals surface area (Å²) in [6.45, 7) is 3.36. The molecule has 0 aliphatic rings. The average molecular weight is 384 g/mol. The number of sulfonamides is 1. The van der Waals surface area contributed by atoms with Gasteiger partial charge in [0.2, 0.25) is 10.0 Å². The minimum Gasteiger partial charge on any atom is -0.322 e. The zero-order valence-electron chi connectivity index (χ0n) is 15.1. The summed E-state index contributed by atoms with van der Waals surface area (Å²) in [7, 11) is -3.69. The van der Waals surface area contributed by atoms with Crippen molar-refractivity contribution < 1.29 is 13.2 Å². The molecule has 3 rings (SSSR count). The van der Waals surface area contributed by atoms with Crippen molar-refractivity contribution in [1.82, 2.24) is 9.71 Å². The van der Waals surface area contributed by atoms with Crippen LogP contribution >= 0.6 is 0 Å². The summed E-state index contributed by atoms with van der Waals surface area (Å²) < 4.78 is 27.4. The van der Waals surface area contributed by atoms with Gasteiger partial charge in [0.05, 0.1) is 4.90 Å². The molecule has 0 saturated heterocycles. The van der Waals surface area contributed by atoms with Crippen molar-refractivity contribution >= 4 is 26.7 Å². The summed E-state index contributed by atoms with van der Waals surface area (Å²) in [5.74, 6) is -0.184. The van der Waals surface area contributed by atoms with Crippen LogP contribution in [0.2, 0.25) is 0 Å². The Bertz CT molecular complexity index is 1180. The van der Waals surface area contributed by atoms with Crippen molar-refractivity contribution in [3.63, 3.8) is 0 Å². The van der Waals surface area contributed by atoms with Crippen molar-refractivity contribution in [1.29, 1.82) is 0 Å². The molecule has 7 heteroatoms. The van der Waals surface area contributed by atoms with Gasteiger partial charge in [0.15, 0.2) is 5.78 Å². The molecule has 140 valence electrons. The molecule has 0 fully saturated rings. The minimum absolute atomic E-state index is 0.0712. The molecule has 0 radical (unpaired) electrons. The highest BCUT2D eigenvalue weighted by Gasteiger charge is 2.14. The Morgan fingerprint density at radius 2 is 1.89 bits per heavy atom. The van der Waals surface area contributed by atoms with Crippen molar-refractivity contribution in [2.24, 2.45) is 0 Å². The highest BCUT2D eigenvalue weighted by Crippen LogP contribution is 2.15. The van der Waals surface area contributed by atoms with Gasteiger partial charge in [-0.1, -0.05) is 18.2 Å². The van der Waals surface area contributed by atoms with Crippen molar-refractivity contribution in [3.05, 3.63) is 75.6 Å². The summed E-state index contributed by atoms with van der Waals surface area (Å²) in [5.41, 5.74) is 2.57. The Kier molecular flexibility index (Phi) is 5.25. The van der Waals surface area contributed by atoms with E-state index in [4.69, 9.17) is 0 Å². The first-order valence-corrected chi connectivity index (χ1v) is 9.98. The lowest BCUT2D eigenvalue weighted by molar-refractivity contribution is 0.101. The van der Waals surface area contributed by atoms with Gasteiger partial charge in [-0.3, -0.25) is 9.59 Å². The largest absolute Gasteiger partial charge is 0.322 e. The van der Waals surface area contributed by atoms with E-state index in [9.17, 15) is 18.0 Å². The fourth-order valence-corrected chi connectivity index (χ4v) is 3.89. The Labute approximate surface area is 157 Å². The maximum absolute atomic E-state index is 12.4. The number of Topliss-reactive ketones (excluding diaryl/α,β-unsaturated/α-hetero) is 1. The number of nitrogens with one attached hydrogen (secondary N) is 2. The summed E-state index contributed by atoms with van der Waals surface area (Å²) in [6, 6.07) is 13.4. The normalized spacial score (nSPS) is 11.6. The number of aromatic amines is 1. The van der Waals surface area contributed by atoms with Gasteiger partial charge in [-0.05, 0) is 61.5 Å². The first-order valence-electron chi connectivity index (χ1n) is 8.49. The number of hydrogen-bond acceptors (Lipinski definition) is 4. The maximum Gasteiger partial charge on any atom is 0.251 e. The Hall–Kier alpha value is -2.77.